The zero-order valence-corrected chi connectivity index (χ0v) is 25.8. The largest absolute Gasteiger partial charge is 0.465 e. The first-order chi connectivity index (χ1) is 21.7. The molecule has 0 spiro atoms. The van der Waals surface area contributed by atoms with E-state index in [9.17, 15) is 14.4 Å². The number of amides is 3. The summed E-state index contributed by atoms with van der Waals surface area (Å²) in [5, 5.41) is 17.6. The smallest absolute Gasteiger partial charge is 0.404 e. The van der Waals surface area contributed by atoms with E-state index in [2.05, 4.69) is 34.1 Å². The molecule has 1 saturated carbocycles. The van der Waals surface area contributed by atoms with E-state index in [4.69, 9.17) is 10.2 Å². The van der Waals surface area contributed by atoms with E-state index in [1.807, 2.05) is 11.8 Å². The van der Waals surface area contributed by atoms with Crippen LogP contribution in [0.4, 0.5) is 9.18 Å². The third-order valence-electron chi connectivity index (χ3n) is 9.91. The van der Waals surface area contributed by atoms with Crippen LogP contribution >= 0.6 is 0 Å². The number of likely N-dealkylation sites (tertiary alicyclic amines) is 2. The fourth-order valence-electron chi connectivity index (χ4n) is 7.40. The number of aromatic nitrogens is 3. The van der Waals surface area contributed by atoms with E-state index in [-0.39, 0.29) is 30.0 Å². The van der Waals surface area contributed by atoms with Crippen LogP contribution < -0.4 is 5.32 Å². The van der Waals surface area contributed by atoms with Gasteiger partial charge in [-0.25, -0.2) is 13.7 Å². The number of carboxylic acid groups (broad SMARTS) is 1. The molecule has 2 saturated heterocycles. The summed E-state index contributed by atoms with van der Waals surface area (Å²) in [6, 6.07) is 9.53. The van der Waals surface area contributed by atoms with Crippen molar-refractivity contribution in [2.75, 3.05) is 26.2 Å². The fraction of sp³-hybridized carbons (Fsp3) is 0.471. The van der Waals surface area contributed by atoms with Crippen LogP contribution in [0.2, 0.25) is 0 Å². The lowest BCUT2D eigenvalue weighted by molar-refractivity contribution is -0.129. The average Bonchev–Trinajstić information content (AvgIpc) is 3.68. The lowest BCUT2D eigenvalue weighted by atomic mass is 9.88. The minimum absolute atomic E-state index is 0.126. The number of aryl methyl sites for hydroxylation is 1. The molecular weight excluding hydrogens is 575 g/mol. The number of halogens is 1. The Balaban J connectivity index is 1.26. The van der Waals surface area contributed by atoms with Crippen molar-refractivity contribution in [1.29, 1.82) is 0 Å². The van der Waals surface area contributed by atoms with Gasteiger partial charge in [0.1, 0.15) is 17.0 Å². The third-order valence-corrected chi connectivity index (χ3v) is 9.91. The van der Waals surface area contributed by atoms with Crippen molar-refractivity contribution in [1.82, 2.24) is 29.3 Å². The van der Waals surface area contributed by atoms with Crippen LogP contribution in [0.5, 0.6) is 0 Å². The Bertz CT molecular complexity index is 1820. The van der Waals surface area contributed by atoms with Crippen molar-refractivity contribution < 1.29 is 23.9 Å². The van der Waals surface area contributed by atoms with Crippen molar-refractivity contribution in [2.45, 2.75) is 70.9 Å². The number of pyridine rings is 1. The Morgan fingerprint density at radius 1 is 1.02 bits per heavy atom. The van der Waals surface area contributed by atoms with Crippen molar-refractivity contribution in [2.24, 2.45) is 5.92 Å². The first kappa shape index (κ1) is 29.3. The van der Waals surface area contributed by atoms with Crippen molar-refractivity contribution in [3.63, 3.8) is 0 Å². The Hall–Kier alpha value is -4.41. The number of hydrogen-bond donors (Lipinski definition) is 2. The number of carbonyl (C=O) groups is 3. The van der Waals surface area contributed by atoms with Gasteiger partial charge in [0.2, 0.25) is 5.91 Å². The summed E-state index contributed by atoms with van der Waals surface area (Å²) in [7, 11) is 0. The molecule has 3 aromatic heterocycles. The molecule has 3 aliphatic rings. The van der Waals surface area contributed by atoms with Gasteiger partial charge in [0.25, 0.3) is 5.91 Å². The number of nitrogens with zero attached hydrogens (tertiary/aromatic N) is 5. The Morgan fingerprint density at radius 2 is 1.80 bits per heavy atom. The molecule has 0 radical (unpaired) electrons. The second-order valence-corrected chi connectivity index (χ2v) is 13.0. The van der Waals surface area contributed by atoms with Crippen LogP contribution in [-0.4, -0.2) is 79.2 Å². The highest BCUT2D eigenvalue weighted by Gasteiger charge is 2.31. The predicted molar refractivity (Wildman–Crippen MR) is 168 cm³/mol. The third kappa shape index (κ3) is 5.53. The molecule has 0 bridgehead atoms. The SMILES string of the molecule is CC(=O)N1CCC(c2cccc3cc(-c4nn5cc(C(=O)N6CCCC(NC(=O)O)C6)cc(F)c5c4C)n(CC4CC4)c23)CC1. The zero-order chi connectivity index (χ0) is 31.4. The molecule has 2 aliphatic heterocycles. The summed E-state index contributed by atoms with van der Waals surface area (Å²) in [5.74, 6) is 0.205. The van der Waals surface area contributed by atoms with E-state index in [0.717, 1.165) is 43.6 Å². The molecule has 1 atom stereocenters. The summed E-state index contributed by atoms with van der Waals surface area (Å²) in [6.07, 6.45) is 5.99. The van der Waals surface area contributed by atoms with Crippen LogP contribution in [0.15, 0.2) is 36.5 Å². The van der Waals surface area contributed by atoms with Gasteiger partial charge in [0, 0.05) is 62.8 Å². The van der Waals surface area contributed by atoms with Gasteiger partial charge in [-0.3, -0.25) is 9.59 Å². The maximum absolute atomic E-state index is 15.8. The Morgan fingerprint density at radius 3 is 2.51 bits per heavy atom. The number of nitrogens with one attached hydrogen (secondary N) is 1. The van der Waals surface area contributed by atoms with Crippen LogP contribution in [0, 0.1) is 18.7 Å². The van der Waals surface area contributed by atoms with E-state index in [1.54, 1.807) is 18.0 Å². The highest BCUT2D eigenvalue weighted by molar-refractivity contribution is 5.95. The number of fused-ring (bicyclic) bond motifs is 2. The zero-order valence-electron chi connectivity index (χ0n) is 25.8. The summed E-state index contributed by atoms with van der Waals surface area (Å²) in [6.45, 7) is 6.62. The summed E-state index contributed by atoms with van der Waals surface area (Å²) >= 11 is 0. The molecule has 2 N–H and O–H groups in total. The van der Waals surface area contributed by atoms with E-state index in [0.29, 0.717) is 48.0 Å². The van der Waals surface area contributed by atoms with E-state index < -0.39 is 11.9 Å². The highest BCUT2D eigenvalue weighted by Crippen LogP contribution is 2.41. The van der Waals surface area contributed by atoms with Crippen LogP contribution in [0.25, 0.3) is 27.8 Å². The number of carbonyl (C=O) groups excluding carboxylic acids is 2. The highest BCUT2D eigenvalue weighted by atomic mass is 19.1. The molecule has 1 aromatic carbocycles. The molecule has 5 heterocycles. The molecule has 3 fully saturated rings. The lowest BCUT2D eigenvalue weighted by Gasteiger charge is -2.32. The summed E-state index contributed by atoms with van der Waals surface area (Å²) < 4.78 is 19.6. The number of piperidine rings is 2. The molecule has 4 aromatic rings. The van der Waals surface area contributed by atoms with Gasteiger partial charge in [0.05, 0.1) is 16.8 Å². The fourth-order valence-corrected chi connectivity index (χ4v) is 7.40. The van der Waals surface area contributed by atoms with Crippen molar-refractivity contribution >= 4 is 34.3 Å². The molecule has 45 heavy (non-hydrogen) atoms. The second-order valence-electron chi connectivity index (χ2n) is 13.0. The standard InChI is InChI=1S/C34H39FN6O4/c1-20-30(37-41-18-25(15-28(35)31(20)41)33(43)39-12-4-6-26(19-39)36-34(44)45)29-16-24-5-3-7-27(32(24)40(29)17-22-8-9-22)23-10-13-38(14-11-23)21(2)42/h3,5,7,15-16,18,22-23,26,36H,4,6,8-14,17,19H2,1-2H3,(H,44,45). The number of benzene rings is 1. The lowest BCUT2D eigenvalue weighted by Crippen LogP contribution is -2.49. The maximum atomic E-state index is 15.8. The van der Waals surface area contributed by atoms with Crippen molar-refractivity contribution in [3.05, 3.63) is 59.0 Å². The van der Waals surface area contributed by atoms with E-state index >= 15 is 4.39 Å². The molecule has 1 aliphatic carbocycles. The van der Waals surface area contributed by atoms with Gasteiger partial charge in [-0.05, 0) is 75.0 Å². The van der Waals surface area contributed by atoms with Gasteiger partial charge in [-0.15, -0.1) is 0 Å². The van der Waals surface area contributed by atoms with E-state index in [1.165, 1.54) is 34.5 Å². The van der Waals surface area contributed by atoms with Gasteiger partial charge in [-0.1, -0.05) is 18.2 Å². The van der Waals surface area contributed by atoms with Crippen LogP contribution in [0.1, 0.15) is 72.9 Å². The minimum atomic E-state index is -1.12. The number of hydrogen-bond acceptors (Lipinski definition) is 4. The number of rotatable bonds is 6. The van der Waals surface area contributed by atoms with Gasteiger partial charge < -0.3 is 24.8 Å². The molecule has 3 amide bonds. The Labute approximate surface area is 260 Å². The van der Waals surface area contributed by atoms with Crippen LogP contribution in [-0.2, 0) is 11.3 Å². The summed E-state index contributed by atoms with van der Waals surface area (Å²) in [5.41, 5.74) is 5.36. The molecule has 1 unspecified atom stereocenters. The quantitative estimate of drug-likeness (QED) is 0.302. The number of para-hydroxylation sites is 1. The van der Waals surface area contributed by atoms with Gasteiger partial charge >= 0.3 is 6.09 Å². The van der Waals surface area contributed by atoms with Crippen LogP contribution in [0.3, 0.4) is 0 Å². The average molecular weight is 615 g/mol. The minimum Gasteiger partial charge on any atom is -0.465 e. The Kier molecular flexibility index (Phi) is 7.49. The maximum Gasteiger partial charge on any atom is 0.404 e. The van der Waals surface area contributed by atoms with Gasteiger partial charge in [-0.2, -0.15) is 5.10 Å². The van der Waals surface area contributed by atoms with Gasteiger partial charge in [0.15, 0.2) is 0 Å². The normalized spacial score (nSPS) is 19.4. The molecule has 7 rings (SSSR count). The summed E-state index contributed by atoms with van der Waals surface area (Å²) in [4.78, 5) is 40.1. The predicted octanol–water partition coefficient (Wildman–Crippen LogP) is 5.41. The topological polar surface area (TPSA) is 112 Å². The first-order valence-electron chi connectivity index (χ1n) is 16.0. The second kappa shape index (κ2) is 11.5. The molecule has 10 nitrogen and oxygen atoms in total. The van der Waals surface area contributed by atoms with Crippen molar-refractivity contribution in [3.8, 4) is 11.4 Å². The first-order valence-corrected chi connectivity index (χ1v) is 16.0. The molecular formula is C34H39FN6O4. The monoisotopic (exact) mass is 614 g/mol. The molecule has 11 heteroatoms. The molecule has 236 valence electrons.